The Bertz CT molecular complexity index is 775. The van der Waals surface area contributed by atoms with E-state index in [1.807, 2.05) is 0 Å². The zero-order valence-electron chi connectivity index (χ0n) is 29.6. The number of unbranched alkanes of at least 4 members (excludes halogenated alkanes) is 17. The Morgan fingerprint density at radius 1 is 0.465 bits per heavy atom. The lowest BCUT2D eigenvalue weighted by atomic mass is 10.1. The highest BCUT2D eigenvalue weighted by Gasteiger charge is 2.25. The van der Waals surface area contributed by atoms with Gasteiger partial charge in [-0.25, -0.2) is 0 Å². The normalized spacial score (nSPS) is 11.8. The molecule has 0 aliphatic rings. The van der Waals surface area contributed by atoms with Crippen LogP contribution in [-0.4, -0.2) is 45.7 Å². The molecule has 1 aromatic rings. The van der Waals surface area contributed by atoms with Crippen molar-refractivity contribution in [1.82, 2.24) is 0 Å². The minimum absolute atomic E-state index is 0.238. The Morgan fingerprint density at radius 3 is 1.23 bits per heavy atom. The second-order valence-corrected chi connectivity index (χ2v) is 14.5. The van der Waals surface area contributed by atoms with E-state index >= 15 is 0 Å². The third kappa shape index (κ3) is 24.1. The van der Waals surface area contributed by atoms with Gasteiger partial charge in [0.1, 0.15) is 0 Å². The topological polar surface area (TPSA) is 43.4 Å². The fourth-order valence-corrected chi connectivity index (χ4v) is 6.76. The van der Waals surface area contributed by atoms with Crippen LogP contribution in [-0.2, 0) is 14.3 Å². The van der Waals surface area contributed by atoms with E-state index in [9.17, 15) is 8.42 Å². The summed E-state index contributed by atoms with van der Waals surface area (Å²) < 4.78 is 30.2. The molecule has 0 saturated heterocycles. The lowest BCUT2D eigenvalue weighted by molar-refractivity contribution is -0.929. The average molecular weight is 625 g/mol. The highest BCUT2D eigenvalue weighted by molar-refractivity contribution is 7.86. The number of rotatable bonds is 29. The van der Waals surface area contributed by atoms with Crippen LogP contribution < -0.4 is 0 Å². The van der Waals surface area contributed by atoms with Gasteiger partial charge in [0.05, 0.1) is 37.7 Å². The SMILES string of the molecule is CCCCCCCCCCCCOS(=O)(=O)c1ccccc1.CCCCCCCC[N+](CCCC)(CCCC)CCCC. The highest BCUT2D eigenvalue weighted by atomic mass is 32.2. The fourth-order valence-electron chi connectivity index (χ4n) is 5.79. The maximum absolute atomic E-state index is 11.9. The van der Waals surface area contributed by atoms with Crippen molar-refractivity contribution in [1.29, 1.82) is 0 Å². The van der Waals surface area contributed by atoms with Crippen LogP contribution in [0.5, 0.6) is 0 Å². The molecule has 5 heteroatoms. The molecule has 0 aliphatic carbocycles. The molecule has 0 radical (unpaired) electrons. The van der Waals surface area contributed by atoms with Crippen molar-refractivity contribution in [3.8, 4) is 0 Å². The van der Waals surface area contributed by atoms with Gasteiger partial charge in [0.2, 0.25) is 0 Å². The summed E-state index contributed by atoms with van der Waals surface area (Å²) >= 11 is 0. The van der Waals surface area contributed by atoms with Gasteiger partial charge < -0.3 is 4.48 Å². The Balaban J connectivity index is 0.000000822. The smallest absolute Gasteiger partial charge is 0.296 e. The zero-order valence-corrected chi connectivity index (χ0v) is 30.4. The molecule has 1 rings (SSSR count). The molecule has 0 amide bonds. The van der Waals surface area contributed by atoms with Crippen LogP contribution >= 0.6 is 0 Å². The molecule has 43 heavy (non-hydrogen) atoms. The molecule has 0 N–H and O–H groups in total. The highest BCUT2D eigenvalue weighted by Crippen LogP contribution is 2.18. The summed E-state index contributed by atoms with van der Waals surface area (Å²) in [7, 11) is -3.57. The molecule has 254 valence electrons. The molecule has 0 aromatic heterocycles. The van der Waals surface area contributed by atoms with Crippen LogP contribution in [0.15, 0.2) is 35.2 Å². The van der Waals surface area contributed by atoms with E-state index in [1.165, 1.54) is 159 Å². The van der Waals surface area contributed by atoms with Crippen LogP contribution in [0.25, 0.3) is 0 Å². The second-order valence-electron chi connectivity index (χ2n) is 12.8. The Hall–Kier alpha value is -0.910. The molecular weight excluding hydrogens is 550 g/mol. The maximum atomic E-state index is 11.9. The number of hydrogen-bond acceptors (Lipinski definition) is 3. The molecule has 0 saturated carbocycles. The third-order valence-corrected chi connectivity index (χ3v) is 10.0. The maximum Gasteiger partial charge on any atom is 0.296 e. The number of hydrogen-bond donors (Lipinski definition) is 0. The van der Waals surface area contributed by atoms with Crippen LogP contribution in [0.4, 0.5) is 0 Å². The molecule has 4 nitrogen and oxygen atoms in total. The van der Waals surface area contributed by atoms with E-state index in [0.717, 1.165) is 12.8 Å². The lowest BCUT2D eigenvalue weighted by Gasteiger charge is -2.39. The fraction of sp³-hybridized carbons (Fsp3) is 0.842. The zero-order chi connectivity index (χ0) is 31.9. The van der Waals surface area contributed by atoms with E-state index in [4.69, 9.17) is 4.18 Å². The minimum Gasteiger partial charge on any atom is -0.324 e. The quantitative estimate of drug-likeness (QED) is 0.0506. The minimum atomic E-state index is -3.57. The summed E-state index contributed by atoms with van der Waals surface area (Å²) in [5.74, 6) is 0. The third-order valence-electron chi connectivity index (χ3n) is 8.71. The van der Waals surface area contributed by atoms with Gasteiger partial charge in [0.15, 0.2) is 0 Å². The van der Waals surface area contributed by atoms with E-state index < -0.39 is 10.1 Å². The molecule has 0 heterocycles. The van der Waals surface area contributed by atoms with Crippen molar-refractivity contribution >= 4 is 10.1 Å². The van der Waals surface area contributed by atoms with Gasteiger partial charge in [-0.05, 0) is 50.7 Å². The first-order chi connectivity index (χ1) is 20.9. The molecule has 0 bridgehead atoms. The van der Waals surface area contributed by atoms with Crippen molar-refractivity contribution in [2.45, 2.75) is 181 Å². The molecule has 0 atom stereocenters. The summed E-state index contributed by atoms with van der Waals surface area (Å²) in [6, 6.07) is 8.33. The first-order valence-corrected chi connectivity index (χ1v) is 20.1. The van der Waals surface area contributed by atoms with Crippen LogP contribution in [0, 0.1) is 0 Å². The Morgan fingerprint density at radius 2 is 0.814 bits per heavy atom. The van der Waals surface area contributed by atoms with E-state index in [1.54, 1.807) is 30.3 Å². The van der Waals surface area contributed by atoms with E-state index in [0.29, 0.717) is 0 Å². The average Bonchev–Trinajstić information content (AvgIpc) is 3.02. The van der Waals surface area contributed by atoms with Crippen LogP contribution in [0.1, 0.15) is 176 Å². The van der Waals surface area contributed by atoms with Crippen molar-refractivity contribution < 1.29 is 17.1 Å². The summed E-state index contributed by atoms with van der Waals surface area (Å²) in [5.41, 5.74) is 0. The van der Waals surface area contributed by atoms with Crippen LogP contribution in [0.3, 0.4) is 0 Å². The number of quaternary nitrogens is 1. The largest absolute Gasteiger partial charge is 0.324 e. The van der Waals surface area contributed by atoms with Gasteiger partial charge in [-0.2, -0.15) is 8.42 Å². The standard InChI is InChI=1S/C20H44N.C18H30O3S/c1-5-9-13-14-15-16-20-21(17-10-6-2,18-11-7-3)19-12-8-4;1-2-3-4-5-6-7-8-9-10-14-17-21-22(19,20)18-15-12-11-13-16-18/h5-20H2,1-4H3;11-13,15-16H,2-10,14,17H2,1H3/q+1;. The Kier molecular flexibility index (Phi) is 29.2. The molecule has 0 spiro atoms. The molecule has 0 aliphatic heterocycles. The summed E-state index contributed by atoms with van der Waals surface area (Å²) in [4.78, 5) is 0.238. The van der Waals surface area contributed by atoms with Crippen molar-refractivity contribution in [2.24, 2.45) is 0 Å². The predicted octanol–water partition coefficient (Wildman–Crippen LogP) is 11.9. The van der Waals surface area contributed by atoms with Gasteiger partial charge in [0, 0.05) is 0 Å². The van der Waals surface area contributed by atoms with E-state index in [-0.39, 0.29) is 11.5 Å². The van der Waals surface area contributed by atoms with Crippen molar-refractivity contribution in [2.75, 3.05) is 32.8 Å². The van der Waals surface area contributed by atoms with Gasteiger partial charge in [-0.15, -0.1) is 0 Å². The number of nitrogens with zero attached hydrogens (tertiary/aromatic N) is 1. The van der Waals surface area contributed by atoms with Crippen molar-refractivity contribution in [3.63, 3.8) is 0 Å². The van der Waals surface area contributed by atoms with Gasteiger partial charge in [-0.3, -0.25) is 4.18 Å². The molecule has 0 unspecified atom stereocenters. The first kappa shape index (κ1) is 42.1. The molecule has 0 fully saturated rings. The van der Waals surface area contributed by atoms with Crippen LogP contribution in [0.2, 0.25) is 0 Å². The summed E-state index contributed by atoms with van der Waals surface area (Å²) in [6.45, 7) is 17.6. The molecule has 1 aromatic carbocycles. The van der Waals surface area contributed by atoms with Gasteiger partial charge >= 0.3 is 0 Å². The Labute approximate surface area is 270 Å². The van der Waals surface area contributed by atoms with Crippen molar-refractivity contribution in [3.05, 3.63) is 30.3 Å². The molecular formula is C38H74NO3S+. The summed E-state index contributed by atoms with van der Waals surface area (Å²) in [6.07, 6.45) is 29.2. The van der Waals surface area contributed by atoms with Gasteiger partial charge in [-0.1, -0.05) is 156 Å². The van der Waals surface area contributed by atoms with Gasteiger partial charge in [0.25, 0.3) is 10.1 Å². The monoisotopic (exact) mass is 625 g/mol. The first-order valence-electron chi connectivity index (χ1n) is 18.7. The number of benzene rings is 1. The summed E-state index contributed by atoms with van der Waals surface area (Å²) in [5, 5.41) is 0. The lowest BCUT2D eigenvalue weighted by Crippen LogP contribution is -2.50. The van der Waals surface area contributed by atoms with E-state index in [2.05, 4.69) is 34.6 Å². The second kappa shape index (κ2) is 29.8. The predicted molar refractivity (Wildman–Crippen MR) is 189 cm³/mol.